The van der Waals surface area contributed by atoms with Crippen molar-refractivity contribution in [1.82, 2.24) is 19.9 Å². The van der Waals surface area contributed by atoms with Crippen LogP contribution in [0.1, 0.15) is 18.4 Å². The van der Waals surface area contributed by atoms with Crippen molar-refractivity contribution in [3.8, 4) is 0 Å². The molecule has 0 saturated carbocycles. The van der Waals surface area contributed by atoms with E-state index in [1.165, 1.54) is 23.5 Å². The van der Waals surface area contributed by atoms with Crippen molar-refractivity contribution in [1.29, 1.82) is 0 Å². The number of pyridine rings is 1. The van der Waals surface area contributed by atoms with Gasteiger partial charge in [0.1, 0.15) is 16.2 Å². The van der Waals surface area contributed by atoms with Gasteiger partial charge in [-0.15, -0.1) is 0 Å². The fourth-order valence-corrected chi connectivity index (χ4v) is 5.03. The van der Waals surface area contributed by atoms with Crippen LogP contribution >= 0.6 is 11.3 Å². The fraction of sp³-hybridized carbons (Fsp3) is 0.391. The van der Waals surface area contributed by atoms with Crippen LogP contribution in [-0.2, 0) is 14.6 Å². The summed E-state index contributed by atoms with van der Waals surface area (Å²) in [6.45, 7) is 3.19. The smallest absolute Gasteiger partial charge is 0.278 e. The summed E-state index contributed by atoms with van der Waals surface area (Å²) in [4.78, 5) is 25.4. The van der Waals surface area contributed by atoms with Gasteiger partial charge in [0, 0.05) is 38.0 Å². The minimum atomic E-state index is -3.34. The number of fused-ring (bicyclic) bond motifs is 1. The standard InChI is InChI=1S/C23H29N7O3S2/c1-29(2)15-12-24-19-11-10-18-22(26-19)34-23(25-18)27-21(31)20(28-30-13-4-5-14-30)16-6-8-17(9-7-16)35(3,32)33/h6-11H,4-5,12-15H2,1-3H3,(H,24,26)(H,25,27,31)/b28-20+. The third-order valence-electron chi connectivity index (χ3n) is 5.44. The van der Waals surface area contributed by atoms with Gasteiger partial charge in [0.25, 0.3) is 5.91 Å². The van der Waals surface area contributed by atoms with Gasteiger partial charge < -0.3 is 10.2 Å². The molecule has 1 aliphatic rings. The molecule has 12 heteroatoms. The Morgan fingerprint density at radius 3 is 2.49 bits per heavy atom. The minimum Gasteiger partial charge on any atom is -0.369 e. The van der Waals surface area contributed by atoms with Crippen molar-refractivity contribution in [2.45, 2.75) is 17.7 Å². The van der Waals surface area contributed by atoms with Crippen LogP contribution in [0.4, 0.5) is 10.9 Å². The second-order valence-electron chi connectivity index (χ2n) is 8.63. The van der Waals surface area contributed by atoms with E-state index < -0.39 is 15.7 Å². The fourth-order valence-electron chi connectivity index (χ4n) is 3.57. The first-order valence-corrected chi connectivity index (χ1v) is 14.0. The number of benzene rings is 1. The lowest BCUT2D eigenvalue weighted by atomic mass is 10.1. The molecule has 3 aromatic rings. The summed E-state index contributed by atoms with van der Waals surface area (Å²) in [5.41, 5.74) is 1.44. The zero-order valence-electron chi connectivity index (χ0n) is 20.0. The van der Waals surface area contributed by atoms with Gasteiger partial charge in [0.2, 0.25) is 0 Å². The number of anilines is 2. The topological polar surface area (TPSA) is 120 Å². The highest BCUT2D eigenvalue weighted by atomic mass is 32.2. The highest BCUT2D eigenvalue weighted by molar-refractivity contribution is 7.90. The predicted molar refractivity (Wildman–Crippen MR) is 140 cm³/mol. The maximum Gasteiger partial charge on any atom is 0.278 e. The third-order valence-corrected chi connectivity index (χ3v) is 7.44. The summed E-state index contributed by atoms with van der Waals surface area (Å²) in [7, 11) is 0.685. The summed E-state index contributed by atoms with van der Waals surface area (Å²) in [5, 5.41) is 13.0. The second kappa shape index (κ2) is 10.7. The monoisotopic (exact) mass is 515 g/mol. The number of carbonyl (C=O) groups excluding carboxylic acids is 1. The Morgan fingerprint density at radius 2 is 1.83 bits per heavy atom. The van der Waals surface area contributed by atoms with E-state index in [0.717, 1.165) is 51.1 Å². The number of thiazole rings is 1. The summed E-state index contributed by atoms with van der Waals surface area (Å²) in [6.07, 6.45) is 3.18. The summed E-state index contributed by atoms with van der Waals surface area (Å²) in [6, 6.07) is 9.93. The third kappa shape index (κ3) is 6.53. The summed E-state index contributed by atoms with van der Waals surface area (Å²) >= 11 is 1.29. The van der Waals surface area contributed by atoms with Gasteiger partial charge in [-0.25, -0.2) is 18.4 Å². The molecule has 1 aliphatic heterocycles. The summed E-state index contributed by atoms with van der Waals surface area (Å²) < 4.78 is 23.7. The number of rotatable bonds is 9. The molecule has 1 amide bonds. The Kier molecular flexibility index (Phi) is 7.63. The Balaban J connectivity index is 1.55. The van der Waals surface area contributed by atoms with Gasteiger partial charge in [-0.1, -0.05) is 23.5 Å². The first kappa shape index (κ1) is 25.0. The Morgan fingerprint density at radius 1 is 1.11 bits per heavy atom. The van der Waals surface area contributed by atoms with Crippen LogP contribution in [0.2, 0.25) is 0 Å². The minimum absolute atomic E-state index is 0.189. The first-order valence-electron chi connectivity index (χ1n) is 11.3. The lowest BCUT2D eigenvalue weighted by Gasteiger charge is -2.14. The molecule has 0 bridgehead atoms. The number of carbonyl (C=O) groups is 1. The lowest BCUT2D eigenvalue weighted by molar-refractivity contribution is -0.110. The Labute approximate surface area is 209 Å². The predicted octanol–water partition coefficient (Wildman–Crippen LogP) is 2.51. The Bertz CT molecular complexity index is 1330. The number of hydrogen-bond acceptors (Lipinski definition) is 10. The maximum absolute atomic E-state index is 13.3. The molecule has 2 N–H and O–H groups in total. The van der Waals surface area contributed by atoms with Crippen LogP contribution in [-0.4, -0.2) is 86.4 Å². The first-order chi connectivity index (χ1) is 16.7. The Hall–Kier alpha value is -3.09. The van der Waals surface area contributed by atoms with E-state index in [0.29, 0.717) is 21.0 Å². The van der Waals surface area contributed by atoms with Gasteiger partial charge in [-0.3, -0.25) is 15.1 Å². The van der Waals surface area contributed by atoms with E-state index in [2.05, 4.69) is 30.6 Å². The SMILES string of the molecule is CN(C)CCNc1ccc2nc(NC(=O)/C(=N/N3CCCC3)c3ccc(S(C)(=O)=O)cc3)sc2n1. The van der Waals surface area contributed by atoms with Gasteiger partial charge in [-0.05, 0) is 51.2 Å². The molecule has 3 heterocycles. The van der Waals surface area contributed by atoms with Gasteiger partial charge in [0.05, 0.1) is 4.90 Å². The van der Waals surface area contributed by atoms with E-state index in [1.807, 2.05) is 31.2 Å². The van der Waals surface area contributed by atoms with Crippen LogP contribution in [0.3, 0.4) is 0 Å². The lowest BCUT2D eigenvalue weighted by Crippen LogP contribution is -2.27. The van der Waals surface area contributed by atoms with Crippen molar-refractivity contribution in [3.05, 3.63) is 42.0 Å². The average Bonchev–Trinajstić information content (AvgIpc) is 3.45. The molecule has 186 valence electrons. The number of aromatic nitrogens is 2. The van der Waals surface area contributed by atoms with Crippen molar-refractivity contribution in [2.75, 3.05) is 57.2 Å². The van der Waals surface area contributed by atoms with Crippen LogP contribution < -0.4 is 10.6 Å². The molecule has 1 aromatic carbocycles. The molecule has 0 unspecified atom stereocenters. The van der Waals surface area contributed by atoms with Gasteiger partial charge >= 0.3 is 0 Å². The van der Waals surface area contributed by atoms with Crippen LogP contribution in [0.5, 0.6) is 0 Å². The van der Waals surface area contributed by atoms with Crippen LogP contribution in [0.15, 0.2) is 46.4 Å². The highest BCUT2D eigenvalue weighted by Gasteiger charge is 2.20. The van der Waals surface area contributed by atoms with Crippen molar-refractivity contribution in [3.63, 3.8) is 0 Å². The molecule has 10 nitrogen and oxygen atoms in total. The largest absolute Gasteiger partial charge is 0.369 e. The van der Waals surface area contributed by atoms with Crippen LogP contribution in [0, 0.1) is 0 Å². The molecular formula is C23H29N7O3S2. The van der Waals surface area contributed by atoms with E-state index in [4.69, 9.17) is 0 Å². The number of amides is 1. The van der Waals surface area contributed by atoms with E-state index in [-0.39, 0.29) is 10.6 Å². The van der Waals surface area contributed by atoms with E-state index in [9.17, 15) is 13.2 Å². The molecule has 0 aliphatic carbocycles. The zero-order valence-corrected chi connectivity index (χ0v) is 21.6. The van der Waals surface area contributed by atoms with Crippen molar-refractivity contribution in [2.24, 2.45) is 5.10 Å². The number of nitrogens with one attached hydrogen (secondary N) is 2. The zero-order chi connectivity index (χ0) is 25.0. The number of hydrazone groups is 1. The molecule has 4 rings (SSSR count). The molecule has 0 radical (unpaired) electrons. The van der Waals surface area contributed by atoms with E-state index >= 15 is 0 Å². The maximum atomic E-state index is 13.3. The molecule has 0 atom stereocenters. The molecular weight excluding hydrogens is 486 g/mol. The van der Waals surface area contributed by atoms with E-state index in [1.54, 1.807) is 12.1 Å². The molecule has 2 aromatic heterocycles. The van der Waals surface area contributed by atoms with Crippen molar-refractivity contribution < 1.29 is 13.2 Å². The number of hydrogen-bond donors (Lipinski definition) is 2. The molecule has 35 heavy (non-hydrogen) atoms. The van der Waals surface area contributed by atoms with Crippen molar-refractivity contribution >= 4 is 54.1 Å². The normalized spacial score (nSPS) is 14.6. The average molecular weight is 516 g/mol. The second-order valence-corrected chi connectivity index (χ2v) is 11.6. The highest BCUT2D eigenvalue weighted by Crippen LogP contribution is 2.26. The number of likely N-dealkylation sites (N-methyl/N-ethyl adjacent to an activating group) is 1. The molecule has 1 fully saturated rings. The van der Waals surface area contributed by atoms with Gasteiger partial charge in [0.15, 0.2) is 20.7 Å². The molecule has 0 spiro atoms. The van der Waals surface area contributed by atoms with Crippen LogP contribution in [0.25, 0.3) is 10.3 Å². The number of sulfone groups is 1. The van der Waals surface area contributed by atoms with Gasteiger partial charge in [-0.2, -0.15) is 5.10 Å². The number of nitrogens with zero attached hydrogens (tertiary/aromatic N) is 5. The quantitative estimate of drug-likeness (QED) is 0.417. The molecule has 1 saturated heterocycles. The summed E-state index contributed by atoms with van der Waals surface area (Å²) in [5.74, 6) is 0.343.